The van der Waals surface area contributed by atoms with Crippen LogP contribution in [-0.4, -0.2) is 119 Å². The molecule has 4 bridgehead atoms. The second-order valence-electron chi connectivity index (χ2n) is 24.0. The predicted octanol–water partition coefficient (Wildman–Crippen LogP) is 9.73. The van der Waals surface area contributed by atoms with E-state index in [1.807, 2.05) is 0 Å². The highest BCUT2D eigenvalue weighted by atomic mass is 32.2. The van der Waals surface area contributed by atoms with Crippen molar-refractivity contribution < 1.29 is 96.7 Å². The van der Waals surface area contributed by atoms with Gasteiger partial charge in [0.15, 0.2) is 14.7 Å². The zero-order valence-electron chi connectivity index (χ0n) is 54.8. The van der Waals surface area contributed by atoms with Crippen molar-refractivity contribution in [2.24, 2.45) is 17.3 Å². The van der Waals surface area contributed by atoms with Crippen LogP contribution in [0, 0.1) is 84.1 Å². The highest BCUT2D eigenvalue weighted by molar-refractivity contribution is 7.97. The first kappa shape index (κ1) is 78.7. The van der Waals surface area contributed by atoms with Crippen LogP contribution in [0.3, 0.4) is 0 Å². The van der Waals surface area contributed by atoms with E-state index in [9.17, 15) is 87.3 Å². The molecule has 19 nitrogen and oxygen atoms in total. The largest absolute Gasteiger partial charge is 0.748 e. The summed E-state index contributed by atoms with van der Waals surface area (Å²) < 4.78 is 122. The molecule has 3 atom stereocenters. The summed E-state index contributed by atoms with van der Waals surface area (Å²) in [4.78, 5) is 121. The predicted molar refractivity (Wildman–Crippen MR) is 363 cm³/mol. The first-order valence-electron chi connectivity index (χ1n) is 30.8. The number of carbonyl (C=O) groups excluding carboxylic acids is 10. The van der Waals surface area contributed by atoms with E-state index in [-0.39, 0.29) is 127 Å². The number of amides is 8. The third kappa shape index (κ3) is 20.3. The SMILES string of the molecule is C#CCN1C(=O)C=CC1=O.C#CCN1C(=O)CC(=C)C1=O.C#Cc1ccc(N2C(=O)C=CC2=O)cc1.C#Cc1ccc(N2C(=O)CC(=C)C2=O)cc1.C=C(C)C(=O)OC12CC3CC(C1)CC(C(=O)OC(CS(=O)(=O)[O-])C(F)(F)F)(C3)C2.Fc1ccc([S+](c2ccc(F)cc2)c2ccc(F)cc2)cc1. The Labute approximate surface area is 592 Å². The zero-order valence-corrected chi connectivity index (χ0v) is 56.4. The van der Waals surface area contributed by atoms with Gasteiger partial charge < -0.3 is 14.0 Å². The van der Waals surface area contributed by atoms with Crippen LogP contribution in [0.5, 0.6) is 0 Å². The number of terminal acetylenes is 4. The van der Waals surface area contributed by atoms with Crippen LogP contribution in [0.4, 0.5) is 37.7 Å². The molecule has 530 valence electrons. The first-order valence-corrected chi connectivity index (χ1v) is 33.6. The van der Waals surface area contributed by atoms with Crippen molar-refractivity contribution in [3.05, 3.63) is 211 Å². The normalized spacial score (nSPS) is 20.0. The summed E-state index contributed by atoms with van der Waals surface area (Å²) in [5.41, 5.74) is 1.05. The van der Waals surface area contributed by atoms with E-state index in [2.05, 4.69) is 48.2 Å². The number of esters is 2. The monoisotopic (exact) mass is 1450 g/mol. The summed E-state index contributed by atoms with van der Waals surface area (Å²) in [6.45, 7) is 12.1. The van der Waals surface area contributed by atoms with E-state index < -0.39 is 62.0 Å². The molecule has 13 rings (SSSR count). The molecule has 0 aromatic heterocycles. The number of likely N-dealkylation sites (tertiary alicyclic amines) is 1. The molecule has 3 unspecified atom stereocenters. The van der Waals surface area contributed by atoms with Crippen LogP contribution in [0.1, 0.15) is 69.4 Å². The number of halogens is 6. The first-order chi connectivity index (χ1) is 48.5. The van der Waals surface area contributed by atoms with Crippen LogP contribution in [-0.2, 0) is 78.4 Å². The maximum atomic E-state index is 13.2. The zero-order chi connectivity index (χ0) is 75.9. The molecule has 103 heavy (non-hydrogen) atoms. The number of rotatable bonds is 13. The number of anilines is 2. The highest BCUT2D eigenvalue weighted by Crippen LogP contribution is 2.63. The summed E-state index contributed by atoms with van der Waals surface area (Å²) in [5.74, 6) is 2.23. The summed E-state index contributed by atoms with van der Waals surface area (Å²) >= 11 is 0. The van der Waals surface area contributed by atoms with E-state index >= 15 is 0 Å². The van der Waals surface area contributed by atoms with Crippen molar-refractivity contribution in [2.75, 3.05) is 28.6 Å². The smallest absolute Gasteiger partial charge is 0.426 e. The van der Waals surface area contributed by atoms with Gasteiger partial charge in [-0.05, 0) is 172 Å². The molecule has 4 heterocycles. The van der Waals surface area contributed by atoms with Crippen molar-refractivity contribution in [1.82, 2.24) is 9.80 Å². The lowest BCUT2D eigenvalue weighted by Gasteiger charge is -2.59. The third-order valence-corrected chi connectivity index (χ3v) is 19.3. The van der Waals surface area contributed by atoms with Gasteiger partial charge in [-0.25, -0.2) is 36.2 Å². The third-order valence-electron chi connectivity index (χ3n) is 16.3. The lowest BCUT2D eigenvalue weighted by atomic mass is 9.48. The molecule has 4 aliphatic heterocycles. The Morgan fingerprint density at radius 3 is 1.36 bits per heavy atom. The van der Waals surface area contributed by atoms with Gasteiger partial charge in [0.1, 0.15) is 23.1 Å². The van der Waals surface area contributed by atoms with Gasteiger partial charge in [0, 0.05) is 58.6 Å². The Morgan fingerprint density at radius 2 is 1.00 bits per heavy atom. The van der Waals surface area contributed by atoms with Crippen LogP contribution < -0.4 is 9.80 Å². The van der Waals surface area contributed by atoms with Crippen LogP contribution in [0.15, 0.2) is 197 Å². The van der Waals surface area contributed by atoms with Crippen molar-refractivity contribution in [3.8, 4) is 49.4 Å². The van der Waals surface area contributed by atoms with E-state index in [1.54, 1.807) is 84.9 Å². The molecule has 8 amide bonds. The van der Waals surface area contributed by atoms with Gasteiger partial charge in [-0.2, -0.15) is 13.2 Å². The van der Waals surface area contributed by atoms with Gasteiger partial charge in [0.05, 0.1) is 69.5 Å². The number of nitrogens with zero attached hydrogens (tertiary/aromatic N) is 4. The number of ether oxygens (including phenoxy) is 2. The fraction of sp³-hybridized carbons (Fsp3) is 0.237. The lowest BCUT2D eigenvalue weighted by molar-refractivity contribution is -0.236. The molecule has 0 radical (unpaired) electrons. The summed E-state index contributed by atoms with van der Waals surface area (Å²) in [7, 11) is -5.81. The minimum Gasteiger partial charge on any atom is -0.748 e. The average Bonchev–Trinajstić information content (AvgIpc) is 1.61. The molecule has 6 fully saturated rings. The van der Waals surface area contributed by atoms with Gasteiger partial charge in [-0.3, -0.25) is 53.0 Å². The molecular weight excluding hydrogens is 1390 g/mol. The molecular formula is C76H62F6N4O15S2. The maximum absolute atomic E-state index is 13.2. The van der Waals surface area contributed by atoms with Crippen molar-refractivity contribution in [3.63, 3.8) is 0 Å². The number of benzene rings is 5. The number of alkyl halides is 3. The molecule has 27 heteroatoms. The Bertz CT molecular complexity index is 4430. The quantitative estimate of drug-likeness (QED) is 0.0202. The Hall–Kier alpha value is -11.6. The number of carbonyl (C=O) groups is 10. The summed E-state index contributed by atoms with van der Waals surface area (Å²) in [6.07, 6.45) is 19.5. The molecule has 0 spiro atoms. The van der Waals surface area contributed by atoms with Gasteiger partial charge >= 0.3 is 18.1 Å². The average molecular weight is 1450 g/mol. The molecule has 2 saturated heterocycles. The van der Waals surface area contributed by atoms with Gasteiger partial charge in [0.25, 0.3) is 35.4 Å². The fourth-order valence-corrected chi connectivity index (χ4v) is 14.8. The fourth-order valence-electron chi connectivity index (χ4n) is 12.1. The van der Waals surface area contributed by atoms with Gasteiger partial charge in [-0.1, -0.05) is 43.4 Å². The minimum atomic E-state index is -5.27. The Kier molecular flexibility index (Phi) is 25.8. The molecule has 5 aromatic carbocycles. The van der Waals surface area contributed by atoms with Gasteiger partial charge in [-0.15, -0.1) is 25.7 Å². The molecule has 4 aliphatic carbocycles. The van der Waals surface area contributed by atoms with Crippen molar-refractivity contribution in [2.45, 2.75) is 90.9 Å². The van der Waals surface area contributed by atoms with Crippen molar-refractivity contribution in [1.29, 1.82) is 0 Å². The van der Waals surface area contributed by atoms with Crippen LogP contribution in [0.2, 0.25) is 0 Å². The van der Waals surface area contributed by atoms with E-state index in [4.69, 9.17) is 30.4 Å². The topological polar surface area (TPSA) is 259 Å². The Morgan fingerprint density at radius 1 is 0.602 bits per heavy atom. The highest BCUT2D eigenvalue weighted by Gasteiger charge is 2.64. The Balaban J connectivity index is 0.000000180. The molecule has 4 saturated carbocycles. The molecule has 0 N–H and O–H groups in total. The van der Waals surface area contributed by atoms with Gasteiger partial charge in [0.2, 0.25) is 17.9 Å². The number of hydrogen-bond donors (Lipinski definition) is 0. The number of imide groups is 4. The second-order valence-corrected chi connectivity index (χ2v) is 27.5. The van der Waals surface area contributed by atoms with Crippen LogP contribution >= 0.6 is 0 Å². The summed E-state index contributed by atoms with van der Waals surface area (Å²) in [6, 6.07) is 31.9. The minimum absolute atomic E-state index is 0.0134. The van der Waals surface area contributed by atoms with E-state index in [0.29, 0.717) is 46.5 Å². The lowest BCUT2D eigenvalue weighted by Crippen LogP contribution is -2.60. The molecule has 8 aliphatic rings. The maximum Gasteiger partial charge on any atom is 0.426 e. The summed E-state index contributed by atoms with van der Waals surface area (Å²) in [5, 5.41) is 0. The molecule has 5 aromatic rings. The van der Waals surface area contributed by atoms with E-state index in [1.165, 1.54) is 67.6 Å². The standard InChI is InChI=1S/C18H23F3O7S.C18H12F3S.C13H9NO2.C12H7NO2.C8H7NO2.C7H5NO2/c1-10(2)14(22)28-17-6-11-3-12(7-17)5-16(4-11,9-17)15(23)27-13(18(19,20)21)8-29(24,25)26;19-13-1-7-16(8-2-13)22(17-9-3-14(20)4-10-17)18-11-5-15(21)6-12-18;1-3-10-4-6-11(7-5-10)14-12(15)8-9(2)13(14)16;1-2-9-3-5-10(6-4-9)13-11(14)7-8-12(13)15;1-3-4-9-7(10)5-6(2)8(9)11;1-2-5-8-6(9)3-4-7(8)10/h11-13H,1,3-9H2,2H3,(H,24,25,26);1-12H;1,4-7H,2,8H2;1,3-8H;1H,2,4-5H2;1,3-4H,5H2/q;+1;;;;/p-1. The van der Waals surface area contributed by atoms with Crippen LogP contribution in [0.25, 0.3) is 0 Å². The number of hydrogen-bond acceptors (Lipinski definition) is 15. The van der Waals surface area contributed by atoms with Crippen molar-refractivity contribution >= 4 is 91.6 Å². The second kappa shape index (κ2) is 33.7. The van der Waals surface area contributed by atoms with E-state index in [0.717, 1.165) is 40.7 Å².